The zero-order valence-corrected chi connectivity index (χ0v) is 13.6. The lowest BCUT2D eigenvalue weighted by molar-refractivity contribution is -0.128. The van der Waals surface area contributed by atoms with Crippen LogP contribution in [0.5, 0.6) is 0 Å². The average molecular weight is 329 g/mol. The van der Waals surface area contributed by atoms with Crippen LogP contribution in [0.2, 0.25) is 5.28 Å². The maximum atomic E-state index is 12.4. The second kappa shape index (κ2) is 5.49. The van der Waals surface area contributed by atoms with Gasteiger partial charge in [-0.1, -0.05) is 24.3 Å². The normalized spacial score (nSPS) is 17.9. The Hall–Kier alpha value is -2.14. The van der Waals surface area contributed by atoms with E-state index in [9.17, 15) is 4.79 Å². The van der Waals surface area contributed by atoms with Crippen molar-refractivity contribution in [1.82, 2.24) is 14.9 Å². The molecule has 2 heterocycles. The minimum atomic E-state index is 0.0927. The van der Waals surface area contributed by atoms with E-state index in [2.05, 4.69) is 39.1 Å². The van der Waals surface area contributed by atoms with Crippen LogP contribution in [0.25, 0.3) is 0 Å². The summed E-state index contributed by atoms with van der Waals surface area (Å²) in [5.74, 6) is 0.885. The summed E-state index contributed by atoms with van der Waals surface area (Å²) in [6.07, 6.45) is 3.58. The third-order valence-corrected chi connectivity index (χ3v) is 4.88. The number of carbonyl (C=O) groups excluding carboxylic acids is 1. The number of likely N-dealkylation sites (N-methyl/N-ethyl adjacent to an activating group) is 1. The van der Waals surface area contributed by atoms with Crippen LogP contribution in [0, 0.1) is 0 Å². The molecule has 0 saturated carbocycles. The molecule has 1 aliphatic heterocycles. The number of hydrogen-bond acceptors (Lipinski definition) is 4. The smallest absolute Gasteiger partial charge is 0.242 e. The van der Waals surface area contributed by atoms with E-state index in [1.54, 1.807) is 11.1 Å². The number of anilines is 1. The summed E-state index contributed by atoms with van der Waals surface area (Å²) in [4.78, 5) is 24.8. The molecule has 2 aliphatic rings. The van der Waals surface area contributed by atoms with Crippen LogP contribution < -0.4 is 4.90 Å². The molecule has 0 spiro atoms. The summed E-state index contributed by atoms with van der Waals surface area (Å²) in [5.41, 5.74) is 3.65. The first kappa shape index (κ1) is 14.5. The lowest BCUT2D eigenvalue weighted by Gasteiger charge is -2.29. The van der Waals surface area contributed by atoms with Gasteiger partial charge in [0.1, 0.15) is 5.82 Å². The molecule has 0 atom stereocenters. The molecular weight excluding hydrogens is 312 g/mol. The highest BCUT2D eigenvalue weighted by Crippen LogP contribution is 2.31. The number of rotatable bonds is 1. The van der Waals surface area contributed by atoms with Crippen molar-refractivity contribution >= 4 is 23.3 Å². The molecular formula is C17H17ClN4O. The SMILES string of the molecule is CN1Cc2cnc(Cl)nc2N(C2Cc3ccccc3C2)CC1=O. The number of halogens is 1. The predicted molar refractivity (Wildman–Crippen MR) is 88.5 cm³/mol. The summed E-state index contributed by atoms with van der Waals surface area (Å²) in [5, 5.41) is 0.223. The molecule has 1 aromatic carbocycles. The van der Waals surface area contributed by atoms with Crippen LogP contribution in [0.1, 0.15) is 16.7 Å². The van der Waals surface area contributed by atoms with Crippen molar-refractivity contribution in [3.63, 3.8) is 0 Å². The summed E-state index contributed by atoms with van der Waals surface area (Å²) in [6.45, 7) is 0.844. The average Bonchev–Trinajstić information content (AvgIpc) is 2.92. The van der Waals surface area contributed by atoms with Crippen LogP contribution in [-0.2, 0) is 24.2 Å². The maximum absolute atomic E-state index is 12.4. The van der Waals surface area contributed by atoms with E-state index < -0.39 is 0 Å². The number of nitrogens with zero attached hydrogens (tertiary/aromatic N) is 4. The highest BCUT2D eigenvalue weighted by atomic mass is 35.5. The standard InChI is InChI=1S/C17H17ClN4O/c1-21-9-13-8-19-17(18)20-16(13)22(10-15(21)23)14-6-11-4-2-3-5-12(11)7-14/h2-5,8,14H,6-7,9-10H2,1H3. The van der Waals surface area contributed by atoms with Crippen LogP contribution >= 0.6 is 11.6 Å². The molecule has 0 saturated heterocycles. The van der Waals surface area contributed by atoms with Crippen LogP contribution in [0.3, 0.4) is 0 Å². The van der Waals surface area contributed by atoms with Gasteiger partial charge in [-0.05, 0) is 35.6 Å². The fourth-order valence-electron chi connectivity index (χ4n) is 3.48. The van der Waals surface area contributed by atoms with Gasteiger partial charge in [-0.25, -0.2) is 9.97 Å². The molecule has 1 aromatic heterocycles. The predicted octanol–water partition coefficient (Wildman–Crippen LogP) is 2.08. The van der Waals surface area contributed by atoms with Crippen molar-refractivity contribution < 1.29 is 4.79 Å². The minimum absolute atomic E-state index is 0.0927. The molecule has 2 aromatic rings. The van der Waals surface area contributed by atoms with Gasteiger partial charge in [-0.3, -0.25) is 4.79 Å². The number of fused-ring (bicyclic) bond motifs is 2. The molecule has 1 amide bonds. The van der Waals surface area contributed by atoms with Gasteiger partial charge in [0.25, 0.3) is 0 Å². The lowest BCUT2D eigenvalue weighted by Crippen LogP contribution is -2.42. The molecule has 0 radical (unpaired) electrons. The Balaban J connectivity index is 1.73. The van der Waals surface area contributed by atoms with Gasteiger partial charge in [0.15, 0.2) is 0 Å². The summed E-state index contributed by atoms with van der Waals surface area (Å²) >= 11 is 6.02. The fourth-order valence-corrected chi connectivity index (χ4v) is 3.61. The van der Waals surface area contributed by atoms with Gasteiger partial charge in [-0.15, -0.1) is 0 Å². The Kier molecular flexibility index (Phi) is 3.45. The Morgan fingerprint density at radius 3 is 2.52 bits per heavy atom. The molecule has 0 bridgehead atoms. The molecule has 0 unspecified atom stereocenters. The second-order valence-corrected chi connectivity index (χ2v) is 6.53. The molecule has 4 rings (SSSR count). The summed E-state index contributed by atoms with van der Waals surface area (Å²) < 4.78 is 0. The van der Waals surface area contributed by atoms with E-state index in [1.165, 1.54) is 11.1 Å². The molecule has 118 valence electrons. The monoisotopic (exact) mass is 328 g/mol. The van der Waals surface area contributed by atoms with Crippen LogP contribution in [0.4, 0.5) is 5.82 Å². The number of carbonyl (C=O) groups is 1. The van der Waals surface area contributed by atoms with E-state index in [4.69, 9.17) is 11.6 Å². The lowest BCUT2D eigenvalue weighted by atomic mass is 10.1. The zero-order chi connectivity index (χ0) is 16.0. The number of aromatic nitrogens is 2. The van der Waals surface area contributed by atoms with Crippen molar-refractivity contribution in [3.05, 3.63) is 52.4 Å². The van der Waals surface area contributed by atoms with Crippen LogP contribution in [-0.4, -0.2) is 40.4 Å². The van der Waals surface area contributed by atoms with Gasteiger partial charge in [0, 0.05) is 24.8 Å². The Morgan fingerprint density at radius 1 is 1.13 bits per heavy atom. The van der Waals surface area contributed by atoms with Crippen molar-refractivity contribution in [1.29, 1.82) is 0 Å². The van der Waals surface area contributed by atoms with Crippen molar-refractivity contribution in [3.8, 4) is 0 Å². The first-order valence-electron chi connectivity index (χ1n) is 7.70. The highest BCUT2D eigenvalue weighted by Gasteiger charge is 2.33. The van der Waals surface area contributed by atoms with E-state index in [1.807, 2.05) is 7.05 Å². The molecule has 0 fully saturated rings. The number of amides is 1. The van der Waals surface area contributed by atoms with E-state index in [-0.39, 0.29) is 17.2 Å². The zero-order valence-electron chi connectivity index (χ0n) is 12.9. The van der Waals surface area contributed by atoms with Crippen LogP contribution in [0.15, 0.2) is 30.5 Å². The minimum Gasteiger partial charge on any atom is -0.343 e. The topological polar surface area (TPSA) is 49.3 Å². The van der Waals surface area contributed by atoms with Gasteiger partial charge in [0.05, 0.1) is 13.1 Å². The van der Waals surface area contributed by atoms with Crippen molar-refractivity contribution in [2.75, 3.05) is 18.5 Å². The molecule has 6 heteroatoms. The van der Waals surface area contributed by atoms with Crippen molar-refractivity contribution in [2.45, 2.75) is 25.4 Å². The molecule has 0 N–H and O–H groups in total. The third-order valence-electron chi connectivity index (χ3n) is 4.69. The molecule has 23 heavy (non-hydrogen) atoms. The first-order chi connectivity index (χ1) is 11.1. The van der Waals surface area contributed by atoms with Gasteiger partial charge >= 0.3 is 0 Å². The third kappa shape index (κ3) is 2.55. The number of hydrogen-bond donors (Lipinski definition) is 0. The second-order valence-electron chi connectivity index (χ2n) is 6.20. The van der Waals surface area contributed by atoms with Crippen molar-refractivity contribution in [2.24, 2.45) is 0 Å². The van der Waals surface area contributed by atoms with Gasteiger partial charge in [-0.2, -0.15) is 0 Å². The first-order valence-corrected chi connectivity index (χ1v) is 8.08. The molecule has 1 aliphatic carbocycles. The highest BCUT2D eigenvalue weighted by molar-refractivity contribution is 6.28. The fraction of sp³-hybridized carbons (Fsp3) is 0.353. The number of benzene rings is 1. The maximum Gasteiger partial charge on any atom is 0.242 e. The summed E-state index contributed by atoms with van der Waals surface area (Å²) in [7, 11) is 1.81. The van der Waals surface area contributed by atoms with E-state index >= 15 is 0 Å². The van der Waals surface area contributed by atoms with Gasteiger partial charge in [0.2, 0.25) is 11.2 Å². The quantitative estimate of drug-likeness (QED) is 0.752. The summed E-state index contributed by atoms with van der Waals surface area (Å²) in [6, 6.07) is 8.68. The Morgan fingerprint density at radius 2 is 1.83 bits per heavy atom. The molecule has 5 nitrogen and oxygen atoms in total. The largest absolute Gasteiger partial charge is 0.343 e. The van der Waals surface area contributed by atoms with E-state index in [0.29, 0.717) is 13.1 Å². The Labute approximate surface area is 139 Å². The van der Waals surface area contributed by atoms with E-state index in [0.717, 1.165) is 24.2 Å². The van der Waals surface area contributed by atoms with Gasteiger partial charge < -0.3 is 9.80 Å². The Bertz CT molecular complexity index is 754.